The van der Waals surface area contributed by atoms with Crippen molar-refractivity contribution in [3.05, 3.63) is 28.3 Å². The zero-order chi connectivity index (χ0) is 19.6. The normalized spacial score (nSPS) is 15.2. The van der Waals surface area contributed by atoms with Crippen LogP contribution in [0.2, 0.25) is 0 Å². The Balaban J connectivity index is 1.67. The zero-order valence-corrected chi connectivity index (χ0v) is 16.7. The summed E-state index contributed by atoms with van der Waals surface area (Å²) in [7, 11) is -2.26. The van der Waals surface area contributed by atoms with Crippen molar-refractivity contribution in [3.63, 3.8) is 0 Å². The number of amides is 3. The smallest absolute Gasteiger partial charge is 0.332 e. The van der Waals surface area contributed by atoms with Gasteiger partial charge in [-0.3, -0.25) is 4.79 Å². The Morgan fingerprint density at radius 1 is 1.07 bits per heavy atom. The van der Waals surface area contributed by atoms with Gasteiger partial charge in [-0.2, -0.15) is 0 Å². The molecule has 7 nitrogen and oxygen atoms in total. The van der Waals surface area contributed by atoms with Crippen molar-refractivity contribution < 1.29 is 18.0 Å². The molecule has 0 bridgehead atoms. The van der Waals surface area contributed by atoms with Crippen molar-refractivity contribution in [3.8, 4) is 0 Å². The standard InChI is InChI=1S/C19H27N3O4S/c1-3-22(2)17(23)10-11-27(25,26)21-19(24)20-18-15-8-4-6-13(15)12-14-7-5-9-16(14)18/h12H,3-11H2,1-2H3,(H2,20,21,24). The van der Waals surface area contributed by atoms with Gasteiger partial charge in [0.05, 0.1) is 5.75 Å². The Morgan fingerprint density at radius 3 is 2.22 bits per heavy atom. The van der Waals surface area contributed by atoms with Gasteiger partial charge < -0.3 is 10.2 Å². The molecule has 0 radical (unpaired) electrons. The second-order valence-electron chi connectivity index (χ2n) is 7.27. The summed E-state index contributed by atoms with van der Waals surface area (Å²) in [5, 5.41) is 2.80. The summed E-state index contributed by atoms with van der Waals surface area (Å²) in [4.78, 5) is 25.6. The number of aryl methyl sites for hydroxylation is 2. The highest BCUT2D eigenvalue weighted by molar-refractivity contribution is 7.90. The Morgan fingerprint density at radius 2 is 1.67 bits per heavy atom. The third kappa shape index (κ3) is 4.43. The molecular formula is C19H27N3O4S. The van der Waals surface area contributed by atoms with E-state index in [0.29, 0.717) is 6.54 Å². The molecule has 0 aliphatic heterocycles. The minimum Gasteiger partial charge on any atom is -0.346 e. The molecule has 0 atom stereocenters. The number of carbonyl (C=O) groups is 2. The van der Waals surface area contributed by atoms with Gasteiger partial charge in [0, 0.05) is 25.7 Å². The Labute approximate surface area is 160 Å². The second-order valence-corrected chi connectivity index (χ2v) is 9.11. The van der Waals surface area contributed by atoms with E-state index in [1.807, 2.05) is 6.92 Å². The minimum atomic E-state index is -3.88. The van der Waals surface area contributed by atoms with Crippen LogP contribution in [-0.2, 0) is 40.5 Å². The van der Waals surface area contributed by atoms with E-state index in [4.69, 9.17) is 0 Å². The van der Waals surface area contributed by atoms with Gasteiger partial charge >= 0.3 is 6.03 Å². The molecule has 0 saturated carbocycles. The lowest BCUT2D eigenvalue weighted by atomic mass is 9.99. The molecule has 2 N–H and O–H groups in total. The lowest BCUT2D eigenvalue weighted by molar-refractivity contribution is -0.129. The number of rotatable bonds is 6. The summed E-state index contributed by atoms with van der Waals surface area (Å²) in [6.07, 6.45) is 5.78. The number of hydrogen-bond donors (Lipinski definition) is 2. The molecule has 27 heavy (non-hydrogen) atoms. The van der Waals surface area contributed by atoms with Gasteiger partial charge in [-0.15, -0.1) is 0 Å². The Bertz CT molecular complexity index is 832. The minimum absolute atomic E-state index is 0.150. The van der Waals surface area contributed by atoms with Gasteiger partial charge in [0.1, 0.15) is 0 Å². The van der Waals surface area contributed by atoms with Crippen molar-refractivity contribution in [2.45, 2.75) is 51.9 Å². The van der Waals surface area contributed by atoms with E-state index in [1.54, 1.807) is 7.05 Å². The van der Waals surface area contributed by atoms with Crippen LogP contribution in [0.5, 0.6) is 0 Å². The molecular weight excluding hydrogens is 366 g/mol. The molecule has 3 amide bonds. The average Bonchev–Trinajstić information content (AvgIpc) is 3.27. The van der Waals surface area contributed by atoms with Crippen LogP contribution in [0.1, 0.15) is 48.4 Å². The van der Waals surface area contributed by atoms with E-state index >= 15 is 0 Å². The number of benzene rings is 1. The molecule has 8 heteroatoms. The van der Waals surface area contributed by atoms with Gasteiger partial charge in [-0.05, 0) is 67.7 Å². The summed E-state index contributed by atoms with van der Waals surface area (Å²) in [5.41, 5.74) is 5.61. The largest absolute Gasteiger partial charge is 0.346 e. The molecule has 0 saturated heterocycles. The maximum Gasteiger partial charge on any atom is 0.332 e. The molecule has 2 aliphatic carbocycles. The van der Waals surface area contributed by atoms with Crippen LogP contribution in [0, 0.1) is 0 Å². The van der Waals surface area contributed by atoms with Crippen molar-refractivity contribution in [1.82, 2.24) is 9.62 Å². The Hall–Kier alpha value is -2.09. The van der Waals surface area contributed by atoms with Crippen LogP contribution in [0.4, 0.5) is 10.5 Å². The number of nitrogens with one attached hydrogen (secondary N) is 2. The summed E-state index contributed by atoms with van der Waals surface area (Å²) >= 11 is 0. The predicted molar refractivity (Wildman–Crippen MR) is 104 cm³/mol. The first-order valence-electron chi connectivity index (χ1n) is 9.52. The number of fused-ring (bicyclic) bond motifs is 2. The lowest BCUT2D eigenvalue weighted by Gasteiger charge is -2.17. The molecule has 1 aromatic rings. The van der Waals surface area contributed by atoms with Crippen LogP contribution >= 0.6 is 0 Å². The van der Waals surface area contributed by atoms with Crippen LogP contribution in [0.15, 0.2) is 6.07 Å². The Kier molecular flexibility index (Phi) is 5.74. The van der Waals surface area contributed by atoms with Crippen LogP contribution in [0.25, 0.3) is 0 Å². The first-order chi connectivity index (χ1) is 12.8. The fraction of sp³-hybridized carbons (Fsp3) is 0.579. The SMILES string of the molecule is CCN(C)C(=O)CCS(=O)(=O)NC(=O)Nc1c2c(cc3c1CCC3)CCC2. The molecule has 0 spiro atoms. The third-order valence-electron chi connectivity index (χ3n) is 5.44. The topological polar surface area (TPSA) is 95.6 Å². The molecule has 2 aliphatic rings. The highest BCUT2D eigenvalue weighted by Gasteiger charge is 2.26. The van der Waals surface area contributed by atoms with E-state index < -0.39 is 21.8 Å². The van der Waals surface area contributed by atoms with Gasteiger partial charge in [-0.1, -0.05) is 6.07 Å². The van der Waals surface area contributed by atoms with Crippen molar-refractivity contribution in [2.24, 2.45) is 0 Å². The fourth-order valence-electron chi connectivity index (χ4n) is 3.89. The molecule has 0 fully saturated rings. The number of nitrogens with zero attached hydrogens (tertiary/aromatic N) is 1. The van der Waals surface area contributed by atoms with E-state index in [-0.39, 0.29) is 12.3 Å². The highest BCUT2D eigenvalue weighted by Crippen LogP contribution is 2.38. The summed E-state index contributed by atoms with van der Waals surface area (Å²) in [6.45, 7) is 2.33. The second kappa shape index (κ2) is 7.88. The van der Waals surface area contributed by atoms with E-state index in [1.165, 1.54) is 16.0 Å². The number of urea groups is 1. The average molecular weight is 394 g/mol. The van der Waals surface area contributed by atoms with Crippen molar-refractivity contribution in [1.29, 1.82) is 0 Å². The van der Waals surface area contributed by atoms with Gasteiger partial charge in [-0.25, -0.2) is 17.9 Å². The maximum absolute atomic E-state index is 12.4. The summed E-state index contributed by atoms with van der Waals surface area (Å²) in [6, 6.07) is 1.50. The van der Waals surface area contributed by atoms with Gasteiger partial charge in [0.2, 0.25) is 15.9 Å². The van der Waals surface area contributed by atoms with Crippen LogP contribution < -0.4 is 10.0 Å². The molecule has 0 heterocycles. The molecule has 0 aromatic heterocycles. The predicted octanol–water partition coefficient (Wildman–Crippen LogP) is 1.98. The molecule has 3 rings (SSSR count). The third-order valence-corrected chi connectivity index (χ3v) is 6.68. The van der Waals surface area contributed by atoms with Crippen LogP contribution in [0.3, 0.4) is 0 Å². The van der Waals surface area contributed by atoms with E-state index in [9.17, 15) is 18.0 Å². The lowest BCUT2D eigenvalue weighted by Crippen LogP contribution is -2.38. The van der Waals surface area contributed by atoms with E-state index in [0.717, 1.165) is 55.3 Å². The zero-order valence-electron chi connectivity index (χ0n) is 15.9. The van der Waals surface area contributed by atoms with Crippen molar-refractivity contribution in [2.75, 3.05) is 24.7 Å². The van der Waals surface area contributed by atoms with Gasteiger partial charge in [0.25, 0.3) is 0 Å². The maximum atomic E-state index is 12.4. The monoisotopic (exact) mass is 393 g/mol. The summed E-state index contributed by atoms with van der Waals surface area (Å²) < 4.78 is 26.4. The first kappa shape index (κ1) is 19.7. The first-order valence-corrected chi connectivity index (χ1v) is 11.2. The molecule has 0 unspecified atom stereocenters. The van der Waals surface area contributed by atoms with E-state index in [2.05, 4.69) is 16.1 Å². The highest BCUT2D eigenvalue weighted by atomic mass is 32.2. The number of anilines is 1. The number of sulfonamides is 1. The van der Waals surface area contributed by atoms with Gasteiger partial charge in [0.15, 0.2) is 0 Å². The number of carbonyl (C=O) groups excluding carboxylic acids is 2. The molecule has 1 aromatic carbocycles. The fourth-order valence-corrected chi connectivity index (χ4v) is 4.77. The van der Waals surface area contributed by atoms with Crippen LogP contribution in [-0.4, -0.2) is 44.6 Å². The molecule has 148 valence electrons. The summed E-state index contributed by atoms with van der Waals surface area (Å²) in [5.74, 6) is -0.670. The quantitative estimate of drug-likeness (QED) is 0.772. The van der Waals surface area contributed by atoms with Crippen molar-refractivity contribution >= 4 is 27.6 Å². The number of hydrogen-bond acceptors (Lipinski definition) is 4.